The second kappa shape index (κ2) is 10.4. The molecule has 3 aliphatic rings. The van der Waals surface area contributed by atoms with Gasteiger partial charge < -0.3 is 10.2 Å². The van der Waals surface area contributed by atoms with E-state index in [0.29, 0.717) is 22.1 Å². The molecule has 0 atom stereocenters. The normalized spacial score (nSPS) is 19.4. The maximum absolute atomic E-state index is 12.4. The molecule has 38 heavy (non-hydrogen) atoms. The summed E-state index contributed by atoms with van der Waals surface area (Å²) in [5.74, 6) is -1.40. The number of halogens is 1. The van der Waals surface area contributed by atoms with Crippen LogP contribution in [0.2, 0.25) is 0 Å². The lowest BCUT2D eigenvalue weighted by Crippen LogP contribution is -2.52. The molecule has 1 aromatic rings. The maximum atomic E-state index is 12.4. The Morgan fingerprint density at radius 2 is 1.84 bits per heavy atom. The first-order valence-corrected chi connectivity index (χ1v) is 13.3. The maximum Gasteiger partial charge on any atom is 0.333 e. The highest BCUT2D eigenvalue weighted by Crippen LogP contribution is 2.50. The number of fused-ring (bicyclic) bond motifs is 3. The number of nitrogens with zero attached hydrogens (tertiary/aromatic N) is 4. The van der Waals surface area contributed by atoms with Crippen LogP contribution < -0.4 is 10.2 Å². The molecule has 0 radical (unpaired) electrons. The summed E-state index contributed by atoms with van der Waals surface area (Å²) in [6.45, 7) is 4.68. The van der Waals surface area contributed by atoms with E-state index in [-0.39, 0.29) is 16.9 Å². The molecular weight excluding hydrogens is 597 g/mol. The number of carbonyl (C=O) groups is 4. The molecule has 5 amide bonds. The second-order valence-corrected chi connectivity index (χ2v) is 10.3. The average Bonchev–Trinajstić information content (AvgIpc) is 3.14. The molecular formula is C28H26IN5O4. The molecule has 0 bridgehead atoms. The highest BCUT2D eigenvalue weighted by Gasteiger charge is 2.41. The molecule has 194 valence electrons. The van der Waals surface area contributed by atoms with Gasteiger partial charge in [0.1, 0.15) is 5.57 Å². The van der Waals surface area contributed by atoms with Crippen LogP contribution in [0.15, 0.2) is 77.2 Å². The summed E-state index contributed by atoms with van der Waals surface area (Å²) >= 11 is 2.03. The number of carbonyl (C=O) groups excluding carboxylic acids is 4. The Kier molecular flexibility index (Phi) is 7.42. The molecule has 4 rings (SSSR count). The number of imide groups is 2. The van der Waals surface area contributed by atoms with Gasteiger partial charge in [-0.25, -0.2) is 4.79 Å². The van der Waals surface area contributed by atoms with Gasteiger partial charge in [-0.05, 0) is 47.1 Å². The highest BCUT2D eigenvalue weighted by atomic mass is 127. The van der Waals surface area contributed by atoms with Gasteiger partial charge in [0.25, 0.3) is 11.8 Å². The van der Waals surface area contributed by atoms with E-state index >= 15 is 0 Å². The molecule has 0 aliphatic carbocycles. The fraction of sp³-hybridized carbons (Fsp3) is 0.250. The molecule has 10 heteroatoms. The molecule has 1 N–H and O–H groups in total. The fourth-order valence-corrected chi connectivity index (χ4v) is 4.85. The van der Waals surface area contributed by atoms with Crippen molar-refractivity contribution in [1.29, 1.82) is 5.26 Å². The summed E-state index contributed by atoms with van der Waals surface area (Å²) < 4.78 is 0.405. The molecule has 1 aromatic carbocycles. The van der Waals surface area contributed by atoms with Gasteiger partial charge in [0, 0.05) is 43.6 Å². The van der Waals surface area contributed by atoms with Gasteiger partial charge in [-0.15, -0.1) is 0 Å². The third-order valence-corrected chi connectivity index (χ3v) is 7.49. The van der Waals surface area contributed by atoms with Gasteiger partial charge in [0.05, 0.1) is 16.1 Å². The SMILES string of the molecule is CN1C(=O)C(=C/C=C/C(C#N)=C2/C=CN3C(=C2)C(C)(C)c2cc(CNC(=O)CI)ccc23)C(=O)N(C)C1=O. The number of anilines is 1. The van der Waals surface area contributed by atoms with E-state index in [2.05, 4.69) is 36.2 Å². The van der Waals surface area contributed by atoms with Gasteiger partial charge in [0.15, 0.2) is 0 Å². The third-order valence-electron chi connectivity index (χ3n) is 6.80. The number of amides is 5. The third kappa shape index (κ3) is 4.69. The highest BCUT2D eigenvalue weighted by molar-refractivity contribution is 14.1. The van der Waals surface area contributed by atoms with Gasteiger partial charge in [-0.1, -0.05) is 54.6 Å². The van der Waals surface area contributed by atoms with Gasteiger partial charge in [0.2, 0.25) is 5.91 Å². The summed E-state index contributed by atoms with van der Waals surface area (Å²) in [4.78, 5) is 52.2. The van der Waals surface area contributed by atoms with E-state index in [0.717, 1.165) is 32.3 Å². The van der Waals surface area contributed by atoms with Crippen LogP contribution in [0.3, 0.4) is 0 Å². The summed E-state index contributed by atoms with van der Waals surface area (Å²) in [5.41, 5.74) is 4.69. The van der Waals surface area contributed by atoms with E-state index in [1.165, 1.54) is 26.2 Å². The predicted octanol–water partition coefficient (Wildman–Crippen LogP) is 3.60. The van der Waals surface area contributed by atoms with Crippen molar-refractivity contribution >= 4 is 52.0 Å². The standard InChI is InChI=1S/C28H26IN5O4/c1-28(2)21-12-17(16-31-24(35)14-29)8-9-22(21)34-11-10-18(13-23(28)34)19(15-30)6-5-7-20-25(36)32(3)27(38)33(4)26(20)37/h5-13H,14,16H2,1-4H3,(H,31,35)/b6-5+,19-18+. The van der Waals surface area contributed by atoms with Crippen molar-refractivity contribution in [3.8, 4) is 6.07 Å². The average molecular weight is 623 g/mol. The summed E-state index contributed by atoms with van der Waals surface area (Å²) in [7, 11) is 2.62. The summed E-state index contributed by atoms with van der Waals surface area (Å²) in [6, 6.07) is 7.64. The van der Waals surface area contributed by atoms with Crippen molar-refractivity contribution < 1.29 is 19.2 Å². The van der Waals surface area contributed by atoms with Crippen LogP contribution in [0, 0.1) is 11.3 Å². The number of allylic oxidation sites excluding steroid dienone is 8. The van der Waals surface area contributed by atoms with Crippen molar-refractivity contribution in [2.75, 3.05) is 23.4 Å². The molecule has 0 saturated carbocycles. The first kappa shape index (κ1) is 27.1. The first-order chi connectivity index (χ1) is 18.0. The zero-order chi connectivity index (χ0) is 27.8. The zero-order valence-electron chi connectivity index (χ0n) is 21.4. The summed E-state index contributed by atoms with van der Waals surface area (Å²) in [6.07, 6.45) is 10.1. The Balaban J connectivity index is 1.63. The topological polar surface area (TPSA) is 114 Å². The largest absolute Gasteiger partial charge is 0.351 e. The van der Waals surface area contributed by atoms with Gasteiger partial charge in [-0.2, -0.15) is 5.26 Å². The van der Waals surface area contributed by atoms with Crippen LogP contribution in [-0.2, 0) is 26.3 Å². The van der Waals surface area contributed by atoms with Crippen LogP contribution >= 0.6 is 22.6 Å². The van der Waals surface area contributed by atoms with Crippen LogP contribution in [0.25, 0.3) is 0 Å². The molecule has 0 spiro atoms. The monoisotopic (exact) mass is 623 g/mol. The lowest BCUT2D eigenvalue weighted by atomic mass is 9.82. The van der Waals surface area contributed by atoms with E-state index in [1.54, 1.807) is 6.08 Å². The fourth-order valence-electron chi connectivity index (χ4n) is 4.58. The lowest BCUT2D eigenvalue weighted by molar-refractivity contribution is -0.134. The van der Waals surface area contributed by atoms with Crippen molar-refractivity contribution in [1.82, 2.24) is 15.1 Å². The Labute approximate surface area is 234 Å². The minimum atomic E-state index is -0.692. The van der Waals surface area contributed by atoms with Crippen molar-refractivity contribution in [3.63, 3.8) is 0 Å². The number of likely N-dealkylation sites (N-methyl/N-ethyl adjacent to an activating group) is 2. The van der Waals surface area contributed by atoms with Crippen LogP contribution in [-0.4, -0.2) is 52.1 Å². The molecule has 3 heterocycles. The van der Waals surface area contributed by atoms with Crippen LogP contribution in [0.4, 0.5) is 10.5 Å². The Morgan fingerprint density at radius 3 is 2.47 bits per heavy atom. The number of nitrogens with one attached hydrogen (secondary N) is 1. The van der Waals surface area contributed by atoms with Crippen molar-refractivity contribution in [3.05, 3.63) is 88.3 Å². The van der Waals surface area contributed by atoms with Gasteiger partial charge in [-0.3, -0.25) is 24.2 Å². The summed E-state index contributed by atoms with van der Waals surface area (Å²) in [5, 5.41) is 12.8. The number of nitriles is 1. The van der Waals surface area contributed by atoms with Crippen LogP contribution in [0.5, 0.6) is 0 Å². The Morgan fingerprint density at radius 1 is 1.16 bits per heavy atom. The molecule has 9 nitrogen and oxygen atoms in total. The number of alkyl halides is 1. The predicted molar refractivity (Wildman–Crippen MR) is 151 cm³/mol. The molecule has 3 aliphatic heterocycles. The van der Waals surface area contributed by atoms with E-state index in [9.17, 15) is 24.4 Å². The van der Waals surface area contributed by atoms with E-state index < -0.39 is 17.8 Å². The van der Waals surface area contributed by atoms with Crippen LogP contribution in [0.1, 0.15) is 25.0 Å². The number of hydrogen-bond donors (Lipinski definition) is 1. The lowest BCUT2D eigenvalue weighted by Gasteiger charge is -2.28. The Bertz CT molecular complexity index is 1430. The number of barbiturate groups is 1. The minimum Gasteiger partial charge on any atom is -0.351 e. The zero-order valence-corrected chi connectivity index (χ0v) is 23.6. The van der Waals surface area contributed by atoms with E-state index in [4.69, 9.17) is 0 Å². The molecule has 1 fully saturated rings. The van der Waals surface area contributed by atoms with Crippen molar-refractivity contribution in [2.45, 2.75) is 25.8 Å². The molecule has 1 saturated heterocycles. The van der Waals surface area contributed by atoms with E-state index in [1.807, 2.05) is 53.1 Å². The number of urea groups is 1. The van der Waals surface area contributed by atoms with Crippen molar-refractivity contribution in [2.24, 2.45) is 0 Å². The smallest absolute Gasteiger partial charge is 0.333 e. The molecule has 0 unspecified atom stereocenters. The first-order valence-electron chi connectivity index (χ1n) is 11.8. The molecule has 0 aromatic heterocycles. The number of rotatable bonds is 5. The second-order valence-electron chi connectivity index (χ2n) is 9.53. The quantitative estimate of drug-likeness (QED) is 0.176. The minimum absolute atomic E-state index is 0.0133. The number of benzene rings is 1. The Hall–Kier alpha value is -3.98. The van der Waals surface area contributed by atoms with Gasteiger partial charge >= 0.3 is 6.03 Å². The number of hydrogen-bond acceptors (Lipinski definition) is 6.